The van der Waals surface area contributed by atoms with Crippen molar-refractivity contribution >= 4 is 17.5 Å². The van der Waals surface area contributed by atoms with Gasteiger partial charge in [0.15, 0.2) is 0 Å². The van der Waals surface area contributed by atoms with Crippen molar-refractivity contribution in [2.75, 3.05) is 13.6 Å². The summed E-state index contributed by atoms with van der Waals surface area (Å²) in [6, 6.07) is 3.64. The number of alkyl halides is 1. The molecule has 0 aliphatic heterocycles. The van der Waals surface area contributed by atoms with Crippen LogP contribution < -0.4 is 0 Å². The molecular weight excluding hydrogens is 224 g/mol. The molecule has 4 heteroatoms. The first-order valence-corrected chi connectivity index (χ1v) is 5.76. The number of hydrogen-bond acceptors (Lipinski definition) is 2. The second-order valence-electron chi connectivity index (χ2n) is 3.98. The molecule has 0 bridgehead atoms. The average Bonchev–Trinajstić information content (AvgIpc) is 2.26. The van der Waals surface area contributed by atoms with E-state index in [1.807, 2.05) is 19.9 Å². The van der Waals surface area contributed by atoms with Crippen molar-refractivity contribution in [3.05, 3.63) is 29.6 Å². The van der Waals surface area contributed by atoms with E-state index in [4.69, 9.17) is 11.6 Å². The van der Waals surface area contributed by atoms with Gasteiger partial charge in [-0.15, -0.1) is 11.6 Å². The highest BCUT2D eigenvalue weighted by Gasteiger charge is 2.12. The van der Waals surface area contributed by atoms with E-state index in [-0.39, 0.29) is 11.3 Å². The van der Waals surface area contributed by atoms with Gasteiger partial charge in [-0.1, -0.05) is 0 Å². The molecule has 0 radical (unpaired) electrons. The van der Waals surface area contributed by atoms with Crippen molar-refractivity contribution in [2.24, 2.45) is 0 Å². The smallest absolute Gasteiger partial charge is 0.255 e. The zero-order valence-electron chi connectivity index (χ0n) is 9.90. The summed E-state index contributed by atoms with van der Waals surface area (Å²) in [5.74, 6) is -0.00943. The van der Waals surface area contributed by atoms with Crippen LogP contribution in [-0.4, -0.2) is 34.8 Å². The lowest BCUT2D eigenvalue weighted by Crippen LogP contribution is -2.28. The Hall–Kier alpha value is -1.09. The molecule has 3 nitrogen and oxygen atoms in total. The third kappa shape index (κ3) is 3.81. The number of rotatable bonds is 4. The molecule has 1 heterocycles. The fourth-order valence-electron chi connectivity index (χ4n) is 1.29. The second kappa shape index (κ2) is 5.85. The molecule has 0 spiro atoms. The number of pyridine rings is 1. The first-order valence-electron chi connectivity index (χ1n) is 5.33. The fraction of sp³-hybridized carbons (Fsp3) is 0.500. The summed E-state index contributed by atoms with van der Waals surface area (Å²) in [4.78, 5) is 17.7. The number of aryl methyl sites for hydroxylation is 1. The fourth-order valence-corrected chi connectivity index (χ4v) is 1.39. The van der Waals surface area contributed by atoms with Gasteiger partial charge in [0.2, 0.25) is 0 Å². The van der Waals surface area contributed by atoms with Gasteiger partial charge in [0, 0.05) is 30.9 Å². The number of nitrogens with zero attached hydrogens (tertiary/aromatic N) is 2. The molecule has 1 atom stereocenters. The highest BCUT2D eigenvalue weighted by molar-refractivity contribution is 6.20. The van der Waals surface area contributed by atoms with Crippen LogP contribution in [0.25, 0.3) is 0 Å². The van der Waals surface area contributed by atoms with Crippen LogP contribution in [-0.2, 0) is 0 Å². The first kappa shape index (κ1) is 13.0. The summed E-state index contributed by atoms with van der Waals surface area (Å²) in [5, 5.41) is 0.0893. The summed E-state index contributed by atoms with van der Waals surface area (Å²) in [7, 11) is 1.78. The van der Waals surface area contributed by atoms with Crippen LogP contribution in [0.2, 0.25) is 0 Å². The summed E-state index contributed by atoms with van der Waals surface area (Å²) in [6.07, 6.45) is 2.40. The molecule has 0 aliphatic rings. The first-order chi connectivity index (χ1) is 7.50. The Morgan fingerprint density at radius 2 is 2.25 bits per heavy atom. The van der Waals surface area contributed by atoms with Crippen molar-refractivity contribution in [3.63, 3.8) is 0 Å². The van der Waals surface area contributed by atoms with E-state index in [0.29, 0.717) is 12.1 Å². The molecule has 1 unspecified atom stereocenters. The SMILES string of the molecule is Cc1ccc(C(=O)N(C)CCC(C)Cl)cn1. The molecular formula is C12H17ClN2O. The third-order valence-corrected chi connectivity index (χ3v) is 2.59. The number of halogens is 1. The minimum Gasteiger partial charge on any atom is -0.342 e. The minimum atomic E-state index is -0.00943. The Labute approximate surface area is 101 Å². The molecule has 0 N–H and O–H groups in total. The van der Waals surface area contributed by atoms with E-state index in [2.05, 4.69) is 4.98 Å². The zero-order valence-corrected chi connectivity index (χ0v) is 10.7. The third-order valence-electron chi connectivity index (χ3n) is 2.37. The quantitative estimate of drug-likeness (QED) is 0.758. The zero-order chi connectivity index (χ0) is 12.1. The topological polar surface area (TPSA) is 33.2 Å². The van der Waals surface area contributed by atoms with E-state index < -0.39 is 0 Å². The van der Waals surface area contributed by atoms with Crippen molar-refractivity contribution < 1.29 is 4.79 Å². The monoisotopic (exact) mass is 240 g/mol. The Morgan fingerprint density at radius 1 is 1.56 bits per heavy atom. The molecule has 0 saturated heterocycles. The number of amides is 1. The molecule has 0 aromatic carbocycles. The van der Waals surface area contributed by atoms with E-state index in [1.54, 1.807) is 24.2 Å². The summed E-state index contributed by atoms with van der Waals surface area (Å²) >= 11 is 5.84. The van der Waals surface area contributed by atoms with Gasteiger partial charge in [0.1, 0.15) is 0 Å². The van der Waals surface area contributed by atoms with Crippen molar-refractivity contribution in [1.82, 2.24) is 9.88 Å². The molecule has 1 aromatic rings. The van der Waals surface area contributed by atoms with Gasteiger partial charge in [-0.05, 0) is 32.4 Å². The molecule has 1 rings (SSSR count). The second-order valence-corrected chi connectivity index (χ2v) is 4.73. The van der Waals surface area contributed by atoms with Crippen LogP contribution >= 0.6 is 11.6 Å². The molecule has 0 aliphatic carbocycles. The van der Waals surface area contributed by atoms with E-state index in [0.717, 1.165) is 12.1 Å². The average molecular weight is 241 g/mol. The van der Waals surface area contributed by atoms with E-state index >= 15 is 0 Å². The van der Waals surface area contributed by atoms with E-state index in [9.17, 15) is 4.79 Å². The maximum absolute atomic E-state index is 11.9. The van der Waals surface area contributed by atoms with Gasteiger partial charge in [0.05, 0.1) is 5.56 Å². The van der Waals surface area contributed by atoms with Gasteiger partial charge < -0.3 is 4.90 Å². The lowest BCUT2D eigenvalue weighted by atomic mass is 10.2. The largest absolute Gasteiger partial charge is 0.342 e. The van der Waals surface area contributed by atoms with Crippen LogP contribution in [0.5, 0.6) is 0 Å². The van der Waals surface area contributed by atoms with Crippen LogP contribution in [0.3, 0.4) is 0 Å². The Kier molecular flexibility index (Phi) is 4.74. The Balaban J connectivity index is 2.60. The summed E-state index contributed by atoms with van der Waals surface area (Å²) in [5.41, 5.74) is 1.53. The van der Waals surface area contributed by atoms with Crippen LogP contribution in [0.15, 0.2) is 18.3 Å². The highest BCUT2D eigenvalue weighted by Crippen LogP contribution is 2.06. The van der Waals surface area contributed by atoms with Gasteiger partial charge in [-0.3, -0.25) is 9.78 Å². The van der Waals surface area contributed by atoms with Gasteiger partial charge >= 0.3 is 0 Å². The van der Waals surface area contributed by atoms with E-state index in [1.165, 1.54) is 0 Å². The van der Waals surface area contributed by atoms with Crippen molar-refractivity contribution in [2.45, 2.75) is 25.6 Å². The summed E-state index contributed by atoms with van der Waals surface area (Å²) in [6.45, 7) is 4.48. The molecule has 16 heavy (non-hydrogen) atoms. The predicted molar refractivity (Wildman–Crippen MR) is 65.9 cm³/mol. The lowest BCUT2D eigenvalue weighted by molar-refractivity contribution is 0.0793. The minimum absolute atomic E-state index is 0.00943. The lowest BCUT2D eigenvalue weighted by Gasteiger charge is -2.17. The summed E-state index contributed by atoms with van der Waals surface area (Å²) < 4.78 is 0. The molecule has 88 valence electrons. The Bertz CT molecular complexity index is 349. The number of aromatic nitrogens is 1. The van der Waals surface area contributed by atoms with Gasteiger partial charge in [-0.25, -0.2) is 0 Å². The number of carbonyl (C=O) groups is 1. The number of carbonyl (C=O) groups excluding carboxylic acids is 1. The van der Waals surface area contributed by atoms with Crippen LogP contribution in [0.4, 0.5) is 0 Å². The standard InChI is InChI=1S/C12H17ClN2O/c1-9(13)6-7-15(3)12(16)11-5-4-10(2)14-8-11/h4-5,8-9H,6-7H2,1-3H3. The molecule has 0 fully saturated rings. The van der Waals surface area contributed by atoms with Gasteiger partial charge in [-0.2, -0.15) is 0 Å². The Morgan fingerprint density at radius 3 is 2.75 bits per heavy atom. The van der Waals surface area contributed by atoms with Gasteiger partial charge in [0.25, 0.3) is 5.91 Å². The molecule has 1 aromatic heterocycles. The molecule has 0 saturated carbocycles. The number of hydrogen-bond donors (Lipinski definition) is 0. The highest BCUT2D eigenvalue weighted by atomic mass is 35.5. The predicted octanol–water partition coefficient (Wildman–Crippen LogP) is 2.48. The van der Waals surface area contributed by atoms with Crippen LogP contribution in [0.1, 0.15) is 29.4 Å². The maximum Gasteiger partial charge on any atom is 0.255 e. The van der Waals surface area contributed by atoms with Crippen molar-refractivity contribution in [3.8, 4) is 0 Å². The molecule has 1 amide bonds. The maximum atomic E-state index is 11.9. The normalized spacial score (nSPS) is 12.2. The van der Waals surface area contributed by atoms with Crippen LogP contribution in [0, 0.1) is 6.92 Å². The van der Waals surface area contributed by atoms with Crippen molar-refractivity contribution in [1.29, 1.82) is 0 Å².